The van der Waals surface area contributed by atoms with Crippen LogP contribution >= 0.6 is 11.6 Å². The molecule has 0 aromatic heterocycles. The van der Waals surface area contributed by atoms with Crippen molar-refractivity contribution >= 4 is 28.9 Å². The number of rotatable bonds is 2. The zero-order chi connectivity index (χ0) is 13.2. The summed E-state index contributed by atoms with van der Waals surface area (Å²) in [5, 5.41) is 19.4. The number of nitrogens with one attached hydrogen (secondary N) is 2. The smallest absolute Gasteiger partial charge is 0.471 e. The number of carbonyl (C=O) groups is 1. The van der Waals surface area contributed by atoms with Gasteiger partial charge in [0.05, 0.1) is 0 Å². The highest BCUT2D eigenvalue weighted by Gasteiger charge is 2.39. The van der Waals surface area contributed by atoms with Crippen LogP contribution in [0.15, 0.2) is 18.2 Å². The second kappa shape index (κ2) is 4.88. The summed E-state index contributed by atoms with van der Waals surface area (Å²) < 4.78 is 35.9. The van der Waals surface area contributed by atoms with Crippen molar-refractivity contribution in [2.24, 2.45) is 0 Å². The van der Waals surface area contributed by atoms with Crippen molar-refractivity contribution in [1.82, 2.24) is 0 Å². The number of alkyl halides is 3. The average Bonchev–Trinajstić information content (AvgIpc) is 2.18. The molecular weight excluding hydrogens is 265 g/mol. The number of anilines is 1. The van der Waals surface area contributed by atoms with Gasteiger partial charge < -0.3 is 10.5 Å². The van der Waals surface area contributed by atoms with Crippen LogP contribution in [-0.4, -0.2) is 17.3 Å². The average molecular weight is 271 g/mol. The Morgan fingerprint density at radius 3 is 2.53 bits per heavy atom. The van der Waals surface area contributed by atoms with Crippen molar-refractivity contribution in [3.8, 4) is 0 Å². The maximum atomic E-state index is 12.0. The Morgan fingerprint density at radius 1 is 1.47 bits per heavy atom. The van der Waals surface area contributed by atoms with Crippen molar-refractivity contribution in [1.29, 1.82) is 0 Å². The van der Waals surface area contributed by atoms with Gasteiger partial charge in [-0.15, -0.1) is 0 Å². The van der Waals surface area contributed by atoms with E-state index in [0.717, 1.165) is 12.1 Å². The molecule has 0 spiro atoms. The van der Waals surface area contributed by atoms with Gasteiger partial charge in [0.15, 0.2) is 5.69 Å². The molecule has 0 aliphatic rings. The summed E-state index contributed by atoms with van der Waals surface area (Å²) in [4.78, 5) is 10.6. The Kier molecular flexibility index (Phi) is 3.94. The Balaban J connectivity index is 3.03. The van der Waals surface area contributed by atoms with Crippen LogP contribution < -0.4 is 10.5 Å². The summed E-state index contributed by atoms with van der Waals surface area (Å²) >= 11 is 5.49. The van der Waals surface area contributed by atoms with Crippen molar-refractivity contribution in [3.63, 3.8) is 0 Å². The minimum Gasteiger partial charge on any atom is -0.595 e. The summed E-state index contributed by atoms with van der Waals surface area (Å²) in [6.45, 7) is 0. The summed E-state index contributed by atoms with van der Waals surface area (Å²) in [5.74, 6) is -2.25. The zero-order valence-electron chi connectivity index (χ0n) is 8.01. The molecule has 1 atom stereocenters. The molecule has 9 heteroatoms. The topological polar surface area (TPSA) is 76.8 Å². The highest BCUT2D eigenvalue weighted by Crippen LogP contribution is 2.25. The van der Waals surface area contributed by atoms with E-state index in [1.54, 1.807) is 0 Å². The Morgan fingerprint density at radius 2 is 2.06 bits per heavy atom. The number of amides is 1. The third-order valence-corrected chi connectivity index (χ3v) is 1.95. The van der Waals surface area contributed by atoms with Gasteiger partial charge in [0.1, 0.15) is 5.69 Å². The van der Waals surface area contributed by atoms with Gasteiger partial charge in [-0.05, 0) is 12.1 Å². The molecule has 0 bridgehead atoms. The van der Waals surface area contributed by atoms with E-state index in [-0.39, 0.29) is 5.02 Å². The quantitative estimate of drug-likeness (QED) is 0.708. The van der Waals surface area contributed by atoms with E-state index in [4.69, 9.17) is 16.8 Å². The van der Waals surface area contributed by atoms with Crippen molar-refractivity contribution < 1.29 is 28.4 Å². The second-order valence-corrected chi connectivity index (χ2v) is 3.38. The number of benzene rings is 1. The molecule has 1 unspecified atom stereocenters. The predicted molar refractivity (Wildman–Crippen MR) is 51.9 cm³/mol. The predicted octanol–water partition coefficient (Wildman–Crippen LogP) is 1.24. The molecule has 0 fully saturated rings. The van der Waals surface area contributed by atoms with Crippen LogP contribution in [0, 0.1) is 5.21 Å². The Labute approximate surface area is 97.9 Å². The van der Waals surface area contributed by atoms with Gasteiger partial charge in [-0.2, -0.15) is 18.4 Å². The highest BCUT2D eigenvalue weighted by molar-refractivity contribution is 6.31. The van der Waals surface area contributed by atoms with Crippen LogP contribution in [0.25, 0.3) is 0 Å². The molecule has 5 nitrogen and oxygen atoms in total. The van der Waals surface area contributed by atoms with Crippen LogP contribution in [0.3, 0.4) is 0 Å². The number of halogens is 4. The lowest BCUT2D eigenvalue weighted by atomic mass is 10.2. The SMILES string of the molecule is O=C(Nc1ccc(Cl)cc1[NH+]([O-])O)C(F)(F)F. The van der Waals surface area contributed by atoms with Gasteiger partial charge in [0, 0.05) is 11.1 Å². The van der Waals surface area contributed by atoms with E-state index in [9.17, 15) is 23.2 Å². The second-order valence-electron chi connectivity index (χ2n) is 2.95. The Bertz CT molecular complexity index is 437. The first kappa shape index (κ1) is 13.7. The standard InChI is InChI=1S/C8H6ClF3N2O3/c9-4-1-2-5(6(3-4)14(16)17)13-7(15)8(10,11)12/h1-3,14,16H,(H,13,15). The molecule has 17 heavy (non-hydrogen) atoms. The number of hydrogen-bond donors (Lipinski definition) is 3. The number of quaternary nitrogens is 1. The van der Waals surface area contributed by atoms with Crippen molar-refractivity contribution in [3.05, 3.63) is 28.4 Å². The molecule has 3 N–H and O–H groups in total. The summed E-state index contributed by atoms with van der Waals surface area (Å²) in [6, 6.07) is 3.09. The van der Waals surface area contributed by atoms with E-state index in [1.807, 2.05) is 0 Å². The monoisotopic (exact) mass is 270 g/mol. The van der Waals surface area contributed by atoms with E-state index in [2.05, 4.69) is 0 Å². The third kappa shape index (κ3) is 3.56. The van der Waals surface area contributed by atoms with E-state index >= 15 is 0 Å². The maximum absolute atomic E-state index is 12.0. The molecule has 0 saturated carbocycles. The van der Waals surface area contributed by atoms with Crippen LogP contribution in [-0.2, 0) is 4.79 Å². The lowest BCUT2D eigenvalue weighted by molar-refractivity contribution is -0.990. The normalized spacial score (nSPS) is 13.3. The van der Waals surface area contributed by atoms with E-state index in [1.165, 1.54) is 11.4 Å². The van der Waals surface area contributed by atoms with E-state index < -0.39 is 28.7 Å². The lowest BCUT2D eigenvalue weighted by Crippen LogP contribution is -2.99. The molecule has 0 aliphatic heterocycles. The fraction of sp³-hybridized carbons (Fsp3) is 0.125. The van der Waals surface area contributed by atoms with Gasteiger partial charge in [-0.1, -0.05) is 11.6 Å². The van der Waals surface area contributed by atoms with Gasteiger partial charge in [0.25, 0.3) is 0 Å². The number of hydrogen-bond acceptors (Lipinski definition) is 3. The summed E-state index contributed by atoms with van der Waals surface area (Å²) in [6.07, 6.45) is -5.09. The van der Waals surface area contributed by atoms with Crippen LogP contribution in [0.2, 0.25) is 5.02 Å². The highest BCUT2D eigenvalue weighted by atomic mass is 35.5. The fourth-order valence-electron chi connectivity index (χ4n) is 0.996. The first-order valence-corrected chi connectivity index (χ1v) is 4.50. The third-order valence-electron chi connectivity index (χ3n) is 1.72. The van der Waals surface area contributed by atoms with Gasteiger partial charge in [-0.25, -0.2) is 5.21 Å². The molecule has 1 aromatic carbocycles. The lowest BCUT2D eigenvalue weighted by Gasteiger charge is -2.16. The molecule has 1 aromatic rings. The van der Waals surface area contributed by atoms with Gasteiger partial charge in [0.2, 0.25) is 0 Å². The summed E-state index contributed by atoms with van der Waals surface area (Å²) in [5.41, 5.74) is -0.987. The molecule has 1 rings (SSSR count). The van der Waals surface area contributed by atoms with Crippen molar-refractivity contribution in [2.45, 2.75) is 6.18 Å². The fourth-order valence-corrected chi connectivity index (χ4v) is 1.17. The molecule has 94 valence electrons. The first-order valence-electron chi connectivity index (χ1n) is 4.13. The first-order chi connectivity index (χ1) is 7.71. The minimum atomic E-state index is -5.09. The molecular formula is C8H6ClF3N2O3. The molecule has 0 radical (unpaired) electrons. The zero-order valence-corrected chi connectivity index (χ0v) is 8.76. The van der Waals surface area contributed by atoms with Crippen molar-refractivity contribution in [2.75, 3.05) is 5.32 Å². The van der Waals surface area contributed by atoms with Crippen LogP contribution in [0.5, 0.6) is 0 Å². The molecule has 0 heterocycles. The molecule has 1 amide bonds. The number of carbonyl (C=O) groups excluding carboxylic acids is 1. The van der Waals surface area contributed by atoms with Crippen LogP contribution in [0.1, 0.15) is 0 Å². The van der Waals surface area contributed by atoms with E-state index in [0.29, 0.717) is 0 Å². The van der Waals surface area contributed by atoms with Gasteiger partial charge >= 0.3 is 12.1 Å². The Hall–Kier alpha value is -1.35. The summed E-state index contributed by atoms with van der Waals surface area (Å²) in [7, 11) is 0. The maximum Gasteiger partial charge on any atom is 0.471 e. The molecule has 0 saturated heterocycles. The largest absolute Gasteiger partial charge is 0.595 e. The van der Waals surface area contributed by atoms with Gasteiger partial charge in [-0.3, -0.25) is 4.79 Å². The van der Waals surface area contributed by atoms with Crippen LogP contribution in [0.4, 0.5) is 24.5 Å². The molecule has 0 aliphatic carbocycles. The minimum absolute atomic E-state index is 0.0346.